The van der Waals surface area contributed by atoms with Crippen LogP contribution < -0.4 is 4.57 Å². The molecule has 3 aromatic carbocycles. The van der Waals surface area contributed by atoms with Crippen LogP contribution in [0.3, 0.4) is 0 Å². The number of furan rings is 1. The molecule has 0 atom stereocenters. The highest BCUT2D eigenvalue weighted by Gasteiger charge is 2.23. The number of hydrogen-bond acceptors (Lipinski definition) is 1. The fraction of sp³-hybridized carbons (Fsp3) is 0.111. The molecule has 5 rings (SSSR count). The average Bonchev–Trinajstić information content (AvgIpc) is 3.13. The Morgan fingerprint density at radius 2 is 1.63 bits per heavy atom. The zero-order chi connectivity index (χ0) is 20.8. The van der Waals surface area contributed by atoms with Gasteiger partial charge in [0, 0.05) is 28.0 Å². The van der Waals surface area contributed by atoms with Crippen molar-refractivity contribution in [1.29, 1.82) is 0 Å². The smallest absolute Gasteiger partial charge is 0.219 e. The topological polar surface area (TPSA) is 21.4 Å². The van der Waals surface area contributed by atoms with Gasteiger partial charge in [0.05, 0.1) is 12.1 Å². The summed E-state index contributed by atoms with van der Waals surface area (Å²) in [5.41, 5.74) is 8.92. The molecule has 3 heteroatoms. The van der Waals surface area contributed by atoms with Gasteiger partial charge in [0.15, 0.2) is 11.9 Å². The Morgan fingerprint density at radius 1 is 0.833 bits per heavy atom. The maximum Gasteiger partial charge on any atom is 0.219 e. The number of rotatable bonds is 2. The first-order valence-corrected chi connectivity index (χ1v) is 9.97. The van der Waals surface area contributed by atoms with Gasteiger partial charge in [-0.3, -0.25) is 0 Å². The van der Waals surface area contributed by atoms with Gasteiger partial charge >= 0.3 is 0 Å². The summed E-state index contributed by atoms with van der Waals surface area (Å²) >= 11 is 0. The molecule has 30 heavy (non-hydrogen) atoms. The minimum atomic E-state index is 0.618. The van der Waals surface area contributed by atoms with Crippen molar-refractivity contribution in [2.24, 2.45) is 7.05 Å². The van der Waals surface area contributed by atoms with Crippen molar-refractivity contribution < 1.29 is 8.98 Å². The normalized spacial score (nSPS) is 11.1. The van der Waals surface area contributed by atoms with Gasteiger partial charge in [0.25, 0.3) is 0 Å². The Labute approximate surface area is 175 Å². The number of aryl methyl sites for hydroxylation is 3. The lowest BCUT2D eigenvalue weighted by molar-refractivity contribution is -0.660. The molecular formula is C27H21N2O+. The van der Waals surface area contributed by atoms with Crippen LogP contribution in [0.25, 0.3) is 49.2 Å². The number of nitrogens with zero attached hydrogens (tertiary/aromatic N) is 2. The van der Waals surface area contributed by atoms with Gasteiger partial charge in [-0.1, -0.05) is 42.5 Å². The lowest BCUT2D eigenvalue weighted by Gasteiger charge is -2.07. The third kappa shape index (κ3) is 2.69. The summed E-state index contributed by atoms with van der Waals surface area (Å²) in [6.45, 7) is 11.8. The van der Waals surface area contributed by atoms with Crippen LogP contribution in [0.15, 0.2) is 77.3 Å². The molecular weight excluding hydrogens is 368 g/mol. The highest BCUT2D eigenvalue weighted by atomic mass is 16.3. The van der Waals surface area contributed by atoms with Crippen molar-refractivity contribution in [3.8, 4) is 22.4 Å². The third-order valence-electron chi connectivity index (χ3n) is 5.77. The molecule has 0 amide bonds. The number of fused-ring (bicyclic) bond motifs is 3. The number of benzene rings is 3. The fourth-order valence-corrected chi connectivity index (χ4v) is 4.34. The van der Waals surface area contributed by atoms with Crippen molar-refractivity contribution in [2.45, 2.75) is 13.8 Å². The molecule has 144 valence electrons. The van der Waals surface area contributed by atoms with E-state index >= 15 is 0 Å². The first-order valence-electron chi connectivity index (χ1n) is 9.97. The molecule has 0 aliphatic carbocycles. The van der Waals surface area contributed by atoms with Gasteiger partial charge in [-0.2, -0.15) is 0 Å². The molecule has 2 aromatic heterocycles. The monoisotopic (exact) mass is 389 g/mol. The van der Waals surface area contributed by atoms with Gasteiger partial charge in [0.2, 0.25) is 5.69 Å². The predicted molar refractivity (Wildman–Crippen MR) is 122 cm³/mol. The van der Waals surface area contributed by atoms with Gasteiger partial charge in [-0.05, 0) is 43.2 Å². The first kappa shape index (κ1) is 18.1. The van der Waals surface area contributed by atoms with Crippen LogP contribution in [0.1, 0.15) is 11.1 Å². The highest BCUT2D eigenvalue weighted by Crippen LogP contribution is 2.42. The van der Waals surface area contributed by atoms with E-state index in [4.69, 9.17) is 11.0 Å². The maximum absolute atomic E-state index is 7.60. The third-order valence-corrected chi connectivity index (χ3v) is 5.77. The van der Waals surface area contributed by atoms with Crippen LogP contribution in [0.4, 0.5) is 5.69 Å². The van der Waals surface area contributed by atoms with E-state index in [0.29, 0.717) is 5.69 Å². The van der Waals surface area contributed by atoms with E-state index in [1.807, 2.05) is 30.3 Å². The highest BCUT2D eigenvalue weighted by molar-refractivity contribution is 6.14. The van der Waals surface area contributed by atoms with Gasteiger partial charge in [0.1, 0.15) is 18.2 Å². The standard InChI is InChI=1S/C27H21N2O/c1-17-12-13-21-23-16-20(28-3)15-22(19-10-6-5-7-11-19)26(23)30-27(21)24(17)25-18(2)9-8-14-29(25)4/h5-16H,1-2,4H3/q+1. The lowest BCUT2D eigenvalue weighted by Crippen LogP contribution is -2.31. The summed E-state index contributed by atoms with van der Waals surface area (Å²) in [5, 5.41) is 2.02. The van der Waals surface area contributed by atoms with E-state index in [-0.39, 0.29) is 0 Å². The Balaban J connectivity index is 1.95. The van der Waals surface area contributed by atoms with Crippen LogP contribution in [0.5, 0.6) is 0 Å². The molecule has 0 fully saturated rings. The Kier molecular flexibility index (Phi) is 4.15. The molecule has 0 N–H and O–H groups in total. The molecule has 0 aliphatic heterocycles. The van der Waals surface area contributed by atoms with E-state index in [1.165, 1.54) is 5.56 Å². The largest absolute Gasteiger partial charge is 0.455 e. The number of hydrogen-bond donors (Lipinski definition) is 0. The second-order valence-corrected chi connectivity index (χ2v) is 7.73. The molecule has 0 saturated carbocycles. The van der Waals surface area contributed by atoms with Crippen LogP contribution in [0.2, 0.25) is 0 Å². The van der Waals surface area contributed by atoms with Crippen molar-refractivity contribution in [3.05, 3.63) is 95.5 Å². The Hall–Kier alpha value is -3.90. The molecule has 0 aliphatic rings. The zero-order valence-electron chi connectivity index (χ0n) is 17.2. The molecule has 0 spiro atoms. The molecule has 0 radical (unpaired) electrons. The van der Waals surface area contributed by atoms with Crippen molar-refractivity contribution >= 4 is 27.6 Å². The Bertz CT molecular complexity index is 1450. The summed E-state index contributed by atoms with van der Waals surface area (Å²) in [6.07, 6.45) is 2.07. The second-order valence-electron chi connectivity index (χ2n) is 7.73. The van der Waals surface area contributed by atoms with Crippen LogP contribution in [0, 0.1) is 20.4 Å². The molecule has 0 unspecified atom stereocenters. The molecule has 5 aromatic rings. The van der Waals surface area contributed by atoms with Crippen molar-refractivity contribution in [1.82, 2.24) is 0 Å². The van der Waals surface area contributed by atoms with Crippen LogP contribution in [-0.2, 0) is 7.05 Å². The van der Waals surface area contributed by atoms with E-state index in [2.05, 4.69) is 72.9 Å². The van der Waals surface area contributed by atoms with Gasteiger partial charge in [-0.15, -0.1) is 0 Å². The summed E-state index contributed by atoms with van der Waals surface area (Å²) in [4.78, 5) is 3.72. The van der Waals surface area contributed by atoms with E-state index in [1.54, 1.807) is 0 Å². The van der Waals surface area contributed by atoms with Crippen molar-refractivity contribution in [2.75, 3.05) is 0 Å². The number of pyridine rings is 1. The summed E-state index contributed by atoms with van der Waals surface area (Å²) < 4.78 is 8.74. The SMILES string of the molecule is [C-]#[N+]c1cc(-c2ccccc2)c2oc3c(-c4c(C)ccc[n+]4C)c(C)ccc3c2c1. The van der Waals surface area contributed by atoms with E-state index < -0.39 is 0 Å². The van der Waals surface area contributed by atoms with Gasteiger partial charge in [-0.25, -0.2) is 9.41 Å². The van der Waals surface area contributed by atoms with Crippen LogP contribution >= 0.6 is 0 Å². The quantitative estimate of drug-likeness (QED) is 0.237. The molecule has 0 bridgehead atoms. The van der Waals surface area contributed by atoms with E-state index in [9.17, 15) is 0 Å². The van der Waals surface area contributed by atoms with Gasteiger partial charge < -0.3 is 4.42 Å². The first-order chi connectivity index (χ1) is 14.6. The molecule has 0 saturated heterocycles. The summed E-state index contributed by atoms with van der Waals surface area (Å²) in [5.74, 6) is 0. The predicted octanol–water partition coefficient (Wildman–Crippen LogP) is 6.91. The van der Waals surface area contributed by atoms with Crippen LogP contribution in [-0.4, -0.2) is 0 Å². The second kappa shape index (κ2) is 6.86. The van der Waals surface area contributed by atoms with Crippen molar-refractivity contribution in [3.63, 3.8) is 0 Å². The fourth-order valence-electron chi connectivity index (χ4n) is 4.34. The Morgan fingerprint density at radius 3 is 2.37 bits per heavy atom. The van der Waals surface area contributed by atoms with E-state index in [0.717, 1.165) is 49.9 Å². The minimum absolute atomic E-state index is 0.618. The average molecular weight is 389 g/mol. The maximum atomic E-state index is 7.60. The zero-order valence-corrected chi connectivity index (χ0v) is 17.2. The lowest BCUT2D eigenvalue weighted by atomic mass is 9.97. The number of aromatic nitrogens is 1. The molecule has 3 nitrogen and oxygen atoms in total. The summed E-state index contributed by atoms with van der Waals surface area (Å²) in [6, 6.07) is 22.4. The summed E-state index contributed by atoms with van der Waals surface area (Å²) in [7, 11) is 2.07. The molecule has 2 heterocycles. The minimum Gasteiger partial charge on any atom is -0.455 e.